The highest BCUT2D eigenvalue weighted by atomic mass is 16.7. The van der Waals surface area contributed by atoms with Crippen molar-refractivity contribution in [3.63, 3.8) is 0 Å². The van der Waals surface area contributed by atoms with Gasteiger partial charge in [0.15, 0.2) is 0 Å². The molecule has 4 rings (SSSR count). The normalized spacial score (nSPS) is 12.1. The van der Waals surface area contributed by atoms with Crippen molar-refractivity contribution in [1.82, 2.24) is 10.2 Å². The first kappa shape index (κ1) is 25.1. The summed E-state index contributed by atoms with van der Waals surface area (Å²) in [5.41, 5.74) is 2.22. The zero-order chi connectivity index (χ0) is 26.4. The molecule has 0 radical (unpaired) electrons. The molecule has 1 aliphatic heterocycles. The lowest BCUT2D eigenvalue weighted by atomic mass is 10.1. The number of amides is 4. The average Bonchev–Trinajstić information content (AvgIpc) is 3.13. The quantitative estimate of drug-likeness (QED) is 0.275. The van der Waals surface area contributed by atoms with Gasteiger partial charge in [0.05, 0.1) is 17.7 Å². The number of fused-ring (bicyclic) bond motifs is 1. The van der Waals surface area contributed by atoms with E-state index in [2.05, 4.69) is 10.6 Å². The monoisotopic (exact) mass is 501 g/mol. The van der Waals surface area contributed by atoms with Crippen LogP contribution in [-0.2, 0) is 16.1 Å². The molecule has 0 aromatic heterocycles. The van der Waals surface area contributed by atoms with Crippen LogP contribution in [0.3, 0.4) is 0 Å². The van der Waals surface area contributed by atoms with Gasteiger partial charge in [-0.05, 0) is 61.0 Å². The van der Waals surface area contributed by atoms with Crippen LogP contribution >= 0.6 is 0 Å². The van der Waals surface area contributed by atoms with Gasteiger partial charge in [-0.2, -0.15) is 0 Å². The Hall–Kier alpha value is -4.99. The zero-order valence-electron chi connectivity index (χ0n) is 19.9. The highest BCUT2D eigenvalue weighted by Crippen LogP contribution is 2.22. The van der Waals surface area contributed by atoms with Crippen molar-refractivity contribution < 1.29 is 33.4 Å². The van der Waals surface area contributed by atoms with Crippen molar-refractivity contribution in [2.75, 3.05) is 18.5 Å². The van der Waals surface area contributed by atoms with Gasteiger partial charge in [0, 0.05) is 17.8 Å². The van der Waals surface area contributed by atoms with Crippen molar-refractivity contribution in [2.24, 2.45) is 0 Å². The van der Waals surface area contributed by atoms with E-state index in [1.807, 2.05) is 0 Å². The van der Waals surface area contributed by atoms with E-state index in [1.54, 1.807) is 55.5 Å². The van der Waals surface area contributed by atoms with Crippen LogP contribution < -0.4 is 15.4 Å². The highest BCUT2D eigenvalue weighted by molar-refractivity contribution is 6.22. The van der Waals surface area contributed by atoms with Crippen LogP contribution in [0.15, 0.2) is 72.8 Å². The lowest BCUT2D eigenvalue weighted by molar-refractivity contribution is -0.116. The molecule has 37 heavy (non-hydrogen) atoms. The van der Waals surface area contributed by atoms with Gasteiger partial charge >= 0.3 is 6.16 Å². The molecule has 4 amide bonds. The van der Waals surface area contributed by atoms with E-state index in [1.165, 1.54) is 24.3 Å². The SMILES string of the molecule is CCOC(=O)Oc1ccc(C(=O)NCc2ccc(NC(=O)CN3C(=O)c4ccccc4C3=O)cc2)cc1. The summed E-state index contributed by atoms with van der Waals surface area (Å²) in [4.78, 5) is 61.9. The average molecular weight is 501 g/mol. The molecule has 0 aliphatic carbocycles. The van der Waals surface area contributed by atoms with Crippen molar-refractivity contribution >= 4 is 35.5 Å². The van der Waals surface area contributed by atoms with Gasteiger partial charge in [-0.15, -0.1) is 0 Å². The van der Waals surface area contributed by atoms with E-state index in [0.717, 1.165) is 10.5 Å². The number of nitrogens with zero attached hydrogens (tertiary/aromatic N) is 1. The number of carbonyl (C=O) groups is 5. The predicted octanol–water partition coefficient (Wildman–Crippen LogP) is 3.39. The first-order valence-corrected chi connectivity index (χ1v) is 11.4. The third-order valence-electron chi connectivity index (χ3n) is 5.45. The lowest BCUT2D eigenvalue weighted by Gasteiger charge is -2.14. The first-order valence-electron chi connectivity index (χ1n) is 11.4. The summed E-state index contributed by atoms with van der Waals surface area (Å²) >= 11 is 0. The van der Waals surface area contributed by atoms with Gasteiger partial charge in [0.2, 0.25) is 5.91 Å². The minimum atomic E-state index is -0.817. The molecule has 0 bridgehead atoms. The van der Waals surface area contributed by atoms with Gasteiger partial charge in [0.25, 0.3) is 17.7 Å². The van der Waals surface area contributed by atoms with E-state index in [4.69, 9.17) is 9.47 Å². The molecule has 0 unspecified atom stereocenters. The molecule has 188 valence electrons. The Morgan fingerprint density at radius 2 is 1.46 bits per heavy atom. The number of anilines is 1. The summed E-state index contributed by atoms with van der Waals surface area (Å²) in [5, 5.41) is 5.45. The number of hydrogen-bond donors (Lipinski definition) is 2. The number of carbonyl (C=O) groups excluding carboxylic acids is 5. The Labute approximate surface area is 212 Å². The van der Waals surface area contributed by atoms with Crippen molar-refractivity contribution in [3.8, 4) is 5.75 Å². The Morgan fingerprint density at radius 1 is 0.838 bits per heavy atom. The second-order valence-electron chi connectivity index (χ2n) is 7.98. The molecule has 2 N–H and O–H groups in total. The highest BCUT2D eigenvalue weighted by Gasteiger charge is 2.36. The molecule has 0 atom stereocenters. The maximum absolute atomic E-state index is 12.4. The smallest absolute Gasteiger partial charge is 0.434 e. The number of nitrogens with one attached hydrogen (secondary N) is 2. The fourth-order valence-electron chi connectivity index (χ4n) is 3.64. The molecule has 3 aromatic rings. The van der Waals surface area contributed by atoms with E-state index in [0.29, 0.717) is 11.3 Å². The Bertz CT molecular complexity index is 1320. The van der Waals surface area contributed by atoms with Gasteiger partial charge in [0.1, 0.15) is 12.3 Å². The molecule has 0 fully saturated rings. The summed E-state index contributed by atoms with van der Waals surface area (Å²) < 4.78 is 9.66. The van der Waals surface area contributed by atoms with Crippen LogP contribution in [0.1, 0.15) is 43.6 Å². The van der Waals surface area contributed by atoms with Gasteiger partial charge in [-0.3, -0.25) is 24.1 Å². The largest absolute Gasteiger partial charge is 0.513 e. The molecule has 10 nitrogen and oxygen atoms in total. The van der Waals surface area contributed by atoms with Gasteiger partial charge in [-0.25, -0.2) is 4.79 Å². The molecular weight excluding hydrogens is 478 g/mol. The predicted molar refractivity (Wildman–Crippen MR) is 132 cm³/mol. The van der Waals surface area contributed by atoms with Crippen LogP contribution in [-0.4, -0.2) is 47.8 Å². The molecule has 3 aromatic carbocycles. The molecule has 1 heterocycles. The number of benzene rings is 3. The van der Waals surface area contributed by atoms with Crippen molar-refractivity contribution in [3.05, 3.63) is 95.1 Å². The molecule has 10 heteroatoms. The molecular formula is C27H23N3O7. The fourth-order valence-corrected chi connectivity index (χ4v) is 3.64. The van der Waals surface area contributed by atoms with E-state index < -0.39 is 30.4 Å². The minimum Gasteiger partial charge on any atom is -0.434 e. The molecule has 0 saturated heterocycles. The summed E-state index contributed by atoms with van der Waals surface area (Å²) in [6.45, 7) is 1.71. The maximum Gasteiger partial charge on any atom is 0.513 e. The van der Waals surface area contributed by atoms with Gasteiger partial charge < -0.3 is 20.1 Å². The maximum atomic E-state index is 12.4. The van der Waals surface area contributed by atoms with Gasteiger partial charge in [-0.1, -0.05) is 24.3 Å². The summed E-state index contributed by atoms with van der Waals surface area (Å²) in [5.74, 6) is -1.56. The van der Waals surface area contributed by atoms with Crippen LogP contribution in [0, 0.1) is 0 Å². The van der Waals surface area contributed by atoms with E-state index in [9.17, 15) is 24.0 Å². The Kier molecular flexibility index (Phi) is 7.58. The Balaban J connectivity index is 1.26. The number of imide groups is 1. The van der Waals surface area contributed by atoms with Crippen LogP contribution in [0.4, 0.5) is 10.5 Å². The zero-order valence-corrected chi connectivity index (χ0v) is 19.9. The summed E-state index contributed by atoms with van der Waals surface area (Å²) in [7, 11) is 0. The summed E-state index contributed by atoms with van der Waals surface area (Å²) in [6, 6.07) is 19.2. The second-order valence-corrected chi connectivity index (χ2v) is 7.98. The van der Waals surface area contributed by atoms with Crippen molar-refractivity contribution in [2.45, 2.75) is 13.5 Å². The van der Waals surface area contributed by atoms with Crippen molar-refractivity contribution in [1.29, 1.82) is 0 Å². The molecule has 0 spiro atoms. The Morgan fingerprint density at radius 3 is 2.05 bits per heavy atom. The minimum absolute atomic E-state index is 0.197. The standard InChI is InChI=1S/C27H23N3O7/c1-2-36-27(35)37-20-13-9-18(10-14-20)24(32)28-15-17-7-11-19(12-8-17)29-23(31)16-30-25(33)21-5-3-4-6-22(21)26(30)34/h3-14H,2,15-16H2,1H3,(H,28,32)(H,29,31). The number of rotatable bonds is 8. The first-order chi connectivity index (χ1) is 17.9. The third-order valence-corrected chi connectivity index (χ3v) is 5.45. The molecule has 0 saturated carbocycles. The van der Waals surface area contributed by atoms with E-state index in [-0.39, 0.29) is 35.9 Å². The third kappa shape index (κ3) is 5.99. The van der Waals surface area contributed by atoms with Crippen LogP contribution in [0.2, 0.25) is 0 Å². The summed E-state index contributed by atoms with van der Waals surface area (Å²) in [6.07, 6.45) is -0.817. The fraction of sp³-hybridized carbons (Fsp3) is 0.148. The van der Waals surface area contributed by atoms with Crippen LogP contribution in [0.5, 0.6) is 5.75 Å². The second kappa shape index (κ2) is 11.2. The number of hydrogen-bond acceptors (Lipinski definition) is 7. The van der Waals surface area contributed by atoms with Crippen LogP contribution in [0.25, 0.3) is 0 Å². The topological polar surface area (TPSA) is 131 Å². The van der Waals surface area contributed by atoms with E-state index >= 15 is 0 Å². The molecule has 1 aliphatic rings. The number of ether oxygens (including phenoxy) is 2. The lowest BCUT2D eigenvalue weighted by Crippen LogP contribution is -2.37.